The summed E-state index contributed by atoms with van der Waals surface area (Å²) < 4.78 is 5.05. The van der Waals surface area contributed by atoms with Gasteiger partial charge in [-0.05, 0) is 12.3 Å². The molecular formula is C14H12N6O2S2. The number of aryl methyl sites for hydroxylation is 1. The lowest BCUT2D eigenvalue weighted by atomic mass is 10.3. The van der Waals surface area contributed by atoms with Crippen LogP contribution < -0.4 is 11.2 Å². The third-order valence-corrected chi connectivity index (χ3v) is 5.80. The third kappa shape index (κ3) is 2.26. The molecule has 122 valence electrons. The number of aromatic amines is 1. The van der Waals surface area contributed by atoms with Crippen LogP contribution in [0.2, 0.25) is 0 Å². The maximum atomic E-state index is 12.8. The molecule has 4 heterocycles. The second kappa shape index (κ2) is 5.56. The van der Waals surface area contributed by atoms with Gasteiger partial charge in [0.25, 0.3) is 5.56 Å². The van der Waals surface area contributed by atoms with Gasteiger partial charge in [0.15, 0.2) is 9.99 Å². The molecule has 0 aromatic carbocycles. The Hall–Kier alpha value is -2.46. The van der Waals surface area contributed by atoms with E-state index in [2.05, 4.69) is 20.1 Å². The van der Waals surface area contributed by atoms with Crippen LogP contribution in [0.4, 0.5) is 0 Å². The molecule has 8 nitrogen and oxygen atoms in total. The van der Waals surface area contributed by atoms with E-state index in [1.807, 2.05) is 13.3 Å². The van der Waals surface area contributed by atoms with E-state index >= 15 is 0 Å². The maximum Gasteiger partial charge on any atom is 0.345 e. The van der Waals surface area contributed by atoms with Crippen LogP contribution in [0.1, 0.15) is 5.69 Å². The van der Waals surface area contributed by atoms with Crippen LogP contribution in [-0.2, 0) is 13.6 Å². The van der Waals surface area contributed by atoms with Crippen molar-refractivity contribution in [1.29, 1.82) is 0 Å². The van der Waals surface area contributed by atoms with Crippen LogP contribution in [0, 0.1) is 0 Å². The van der Waals surface area contributed by atoms with Crippen molar-refractivity contribution < 1.29 is 0 Å². The number of hydrogen-bond donors (Lipinski definition) is 1. The molecule has 24 heavy (non-hydrogen) atoms. The normalized spacial score (nSPS) is 11.6. The first-order valence-electron chi connectivity index (χ1n) is 7.01. The molecule has 0 saturated heterocycles. The summed E-state index contributed by atoms with van der Waals surface area (Å²) in [7, 11) is 1.83. The highest BCUT2D eigenvalue weighted by Crippen LogP contribution is 2.34. The van der Waals surface area contributed by atoms with Crippen LogP contribution in [0.5, 0.6) is 0 Å². The SMILES string of the molecule is CSc1nc2c(s1)c1cnn(Cc3ccnc(=O)[nH]3)c(=O)c1n2C. The van der Waals surface area contributed by atoms with Gasteiger partial charge in [-0.25, -0.2) is 19.4 Å². The standard InChI is InChI=1S/C14H12N6O2S2/c1-19-9-8(10-11(19)18-14(23-2)24-10)5-16-20(12(9)21)6-7-3-4-15-13(22)17-7/h3-5H,6H2,1-2H3,(H,15,17,22). The van der Waals surface area contributed by atoms with Crippen LogP contribution in [0.25, 0.3) is 21.3 Å². The van der Waals surface area contributed by atoms with Gasteiger partial charge >= 0.3 is 5.69 Å². The van der Waals surface area contributed by atoms with Gasteiger partial charge in [0.05, 0.1) is 17.4 Å². The number of thiazole rings is 1. The van der Waals surface area contributed by atoms with E-state index in [9.17, 15) is 9.59 Å². The van der Waals surface area contributed by atoms with Gasteiger partial charge in [0, 0.05) is 24.3 Å². The van der Waals surface area contributed by atoms with Gasteiger partial charge in [-0.2, -0.15) is 5.10 Å². The summed E-state index contributed by atoms with van der Waals surface area (Å²) >= 11 is 3.13. The minimum absolute atomic E-state index is 0.175. The van der Waals surface area contributed by atoms with Crippen molar-refractivity contribution in [3.63, 3.8) is 0 Å². The van der Waals surface area contributed by atoms with E-state index in [-0.39, 0.29) is 12.1 Å². The number of H-pyrrole nitrogens is 1. The maximum absolute atomic E-state index is 12.8. The number of rotatable bonds is 3. The second-order valence-corrected chi connectivity index (χ2v) is 7.22. The zero-order valence-electron chi connectivity index (χ0n) is 12.8. The first kappa shape index (κ1) is 15.1. The number of nitrogens with one attached hydrogen (secondary N) is 1. The van der Waals surface area contributed by atoms with Crippen molar-refractivity contribution in [2.75, 3.05) is 6.26 Å². The summed E-state index contributed by atoms with van der Waals surface area (Å²) in [5.41, 5.74) is 1.25. The Bertz CT molecular complexity index is 1190. The molecule has 1 N–H and O–H groups in total. The highest BCUT2D eigenvalue weighted by molar-refractivity contribution is 8.00. The van der Waals surface area contributed by atoms with Crippen LogP contribution in [0.3, 0.4) is 0 Å². The van der Waals surface area contributed by atoms with Crippen molar-refractivity contribution in [2.45, 2.75) is 10.9 Å². The van der Waals surface area contributed by atoms with Crippen LogP contribution >= 0.6 is 23.1 Å². The zero-order valence-corrected chi connectivity index (χ0v) is 14.4. The lowest BCUT2D eigenvalue weighted by Crippen LogP contribution is -2.26. The number of hydrogen-bond acceptors (Lipinski definition) is 7. The average Bonchev–Trinajstić information content (AvgIpc) is 3.10. The van der Waals surface area contributed by atoms with Crippen molar-refractivity contribution in [2.24, 2.45) is 7.05 Å². The second-order valence-electron chi connectivity index (χ2n) is 5.17. The number of thioether (sulfide) groups is 1. The molecule has 0 bridgehead atoms. The molecule has 0 unspecified atom stereocenters. The molecule has 0 aliphatic carbocycles. The van der Waals surface area contributed by atoms with E-state index in [0.29, 0.717) is 11.2 Å². The molecule has 0 spiro atoms. The molecule has 0 radical (unpaired) electrons. The molecule has 0 aliphatic rings. The van der Waals surface area contributed by atoms with E-state index in [1.54, 1.807) is 39.9 Å². The Morgan fingerprint density at radius 2 is 2.21 bits per heavy atom. The largest absolute Gasteiger partial charge is 0.345 e. The van der Waals surface area contributed by atoms with Crippen LogP contribution in [-0.4, -0.2) is 35.6 Å². The summed E-state index contributed by atoms with van der Waals surface area (Å²) in [4.78, 5) is 34.8. The fourth-order valence-corrected chi connectivity index (χ4v) is 4.23. The third-order valence-electron chi connectivity index (χ3n) is 3.74. The number of nitrogens with zero attached hydrogens (tertiary/aromatic N) is 5. The van der Waals surface area contributed by atoms with E-state index < -0.39 is 5.69 Å². The van der Waals surface area contributed by atoms with Crippen molar-refractivity contribution in [3.05, 3.63) is 45.0 Å². The monoisotopic (exact) mass is 360 g/mol. The Morgan fingerprint density at radius 1 is 1.38 bits per heavy atom. The molecule has 4 rings (SSSR count). The Morgan fingerprint density at radius 3 is 2.96 bits per heavy atom. The smallest absolute Gasteiger partial charge is 0.323 e. The first-order chi connectivity index (χ1) is 11.6. The number of aromatic nitrogens is 6. The Labute approximate surface area is 143 Å². The van der Waals surface area contributed by atoms with Gasteiger partial charge in [-0.1, -0.05) is 11.8 Å². The highest BCUT2D eigenvalue weighted by atomic mass is 32.2. The van der Waals surface area contributed by atoms with Gasteiger partial charge in [0.2, 0.25) is 0 Å². The quantitative estimate of drug-likeness (QED) is 0.551. The summed E-state index contributed by atoms with van der Waals surface area (Å²) in [6.45, 7) is 0.175. The summed E-state index contributed by atoms with van der Waals surface area (Å²) in [5.74, 6) is 0. The van der Waals surface area contributed by atoms with Gasteiger partial charge < -0.3 is 9.55 Å². The highest BCUT2D eigenvalue weighted by Gasteiger charge is 2.18. The summed E-state index contributed by atoms with van der Waals surface area (Å²) in [6.07, 6.45) is 5.06. The fraction of sp³-hybridized carbons (Fsp3) is 0.214. The van der Waals surface area contributed by atoms with Crippen molar-refractivity contribution in [1.82, 2.24) is 29.3 Å². The van der Waals surface area contributed by atoms with Gasteiger partial charge in [-0.3, -0.25) is 4.79 Å². The lowest BCUT2D eigenvalue weighted by Gasteiger charge is -2.05. The fourth-order valence-electron chi connectivity index (χ4n) is 2.63. The average molecular weight is 360 g/mol. The molecule has 0 amide bonds. The van der Waals surface area contributed by atoms with Crippen molar-refractivity contribution >= 4 is 44.3 Å². The van der Waals surface area contributed by atoms with E-state index in [4.69, 9.17) is 0 Å². The van der Waals surface area contributed by atoms with E-state index in [1.165, 1.54) is 10.9 Å². The molecule has 0 fully saturated rings. The van der Waals surface area contributed by atoms with Crippen LogP contribution in [0.15, 0.2) is 32.4 Å². The predicted molar refractivity (Wildman–Crippen MR) is 93.9 cm³/mol. The number of fused-ring (bicyclic) bond motifs is 3. The zero-order chi connectivity index (χ0) is 16.8. The molecule has 0 saturated carbocycles. The summed E-state index contributed by atoms with van der Waals surface area (Å²) in [5, 5.41) is 5.05. The topological polar surface area (TPSA) is 98.5 Å². The minimum atomic E-state index is -0.449. The van der Waals surface area contributed by atoms with Gasteiger partial charge in [-0.15, -0.1) is 11.3 Å². The molecule has 4 aromatic rings. The molecular weight excluding hydrogens is 348 g/mol. The lowest BCUT2D eigenvalue weighted by molar-refractivity contribution is 0.629. The minimum Gasteiger partial charge on any atom is -0.323 e. The molecule has 0 atom stereocenters. The molecule has 10 heteroatoms. The predicted octanol–water partition coefficient (Wildman–Crippen LogP) is 1.20. The Kier molecular flexibility index (Phi) is 3.50. The summed E-state index contributed by atoms with van der Waals surface area (Å²) in [6, 6.07) is 1.65. The molecule has 0 aliphatic heterocycles. The van der Waals surface area contributed by atoms with E-state index in [0.717, 1.165) is 20.1 Å². The first-order valence-corrected chi connectivity index (χ1v) is 9.06. The van der Waals surface area contributed by atoms with Gasteiger partial charge in [0.1, 0.15) is 5.52 Å². The Balaban J connectivity index is 1.90. The molecule has 4 aromatic heterocycles. The van der Waals surface area contributed by atoms with Crippen molar-refractivity contribution in [3.8, 4) is 0 Å².